The van der Waals surface area contributed by atoms with E-state index in [-0.39, 0.29) is 10.8 Å². The van der Waals surface area contributed by atoms with E-state index >= 15 is 0 Å². The summed E-state index contributed by atoms with van der Waals surface area (Å²) < 4.78 is 45.4. The van der Waals surface area contributed by atoms with Crippen molar-refractivity contribution in [3.63, 3.8) is 0 Å². The van der Waals surface area contributed by atoms with Gasteiger partial charge in [0.05, 0.1) is 4.90 Å². The number of hydrogen-bond donors (Lipinski definition) is 0. The van der Waals surface area contributed by atoms with Gasteiger partial charge in [0.25, 0.3) is 0 Å². The van der Waals surface area contributed by atoms with Gasteiger partial charge in [-0.2, -0.15) is 4.31 Å². The molecule has 2 aromatic rings. The molecule has 1 saturated heterocycles. The molecule has 2 aliphatic rings. The SMILES string of the molecule is O=S(=O)(c1ccc(F)cc1)N1CCC(c2nnc(C3CC3)o2)CC1. The van der Waals surface area contributed by atoms with E-state index < -0.39 is 15.8 Å². The van der Waals surface area contributed by atoms with Gasteiger partial charge < -0.3 is 4.42 Å². The van der Waals surface area contributed by atoms with Crippen molar-refractivity contribution in [3.05, 3.63) is 41.9 Å². The molecule has 0 radical (unpaired) electrons. The van der Waals surface area contributed by atoms with Gasteiger partial charge in [-0.05, 0) is 49.9 Å². The van der Waals surface area contributed by atoms with Gasteiger partial charge in [-0.1, -0.05) is 0 Å². The van der Waals surface area contributed by atoms with Gasteiger partial charge >= 0.3 is 0 Å². The quantitative estimate of drug-likeness (QED) is 0.846. The minimum atomic E-state index is -3.58. The second-order valence-electron chi connectivity index (χ2n) is 6.39. The van der Waals surface area contributed by atoms with Crippen LogP contribution in [0.15, 0.2) is 33.6 Å². The molecular weight excluding hydrogens is 333 g/mol. The maximum Gasteiger partial charge on any atom is 0.243 e. The fourth-order valence-electron chi connectivity index (χ4n) is 3.01. The van der Waals surface area contributed by atoms with Crippen molar-refractivity contribution in [3.8, 4) is 0 Å². The highest BCUT2D eigenvalue weighted by Crippen LogP contribution is 2.40. The van der Waals surface area contributed by atoms with Crippen LogP contribution in [0, 0.1) is 5.82 Å². The van der Waals surface area contributed by atoms with E-state index in [9.17, 15) is 12.8 Å². The third kappa shape index (κ3) is 2.95. The summed E-state index contributed by atoms with van der Waals surface area (Å²) in [5, 5.41) is 8.22. The first kappa shape index (κ1) is 15.7. The molecule has 0 spiro atoms. The monoisotopic (exact) mass is 351 g/mol. The Bertz CT molecular complexity index is 823. The van der Waals surface area contributed by atoms with Crippen LogP contribution in [0.2, 0.25) is 0 Å². The van der Waals surface area contributed by atoms with E-state index in [0.29, 0.717) is 43.6 Å². The van der Waals surface area contributed by atoms with Crippen LogP contribution in [0.4, 0.5) is 4.39 Å². The summed E-state index contributed by atoms with van der Waals surface area (Å²) in [7, 11) is -3.58. The summed E-state index contributed by atoms with van der Waals surface area (Å²) in [5.41, 5.74) is 0. The Morgan fingerprint density at radius 1 is 0.958 bits per heavy atom. The Hall–Kier alpha value is -1.80. The lowest BCUT2D eigenvalue weighted by Gasteiger charge is -2.29. The van der Waals surface area contributed by atoms with E-state index in [1.165, 1.54) is 16.4 Å². The molecule has 1 aliphatic heterocycles. The lowest BCUT2D eigenvalue weighted by Crippen LogP contribution is -2.37. The van der Waals surface area contributed by atoms with Crippen molar-refractivity contribution in [1.29, 1.82) is 0 Å². The Morgan fingerprint density at radius 2 is 1.50 bits per heavy atom. The minimum Gasteiger partial charge on any atom is -0.425 e. The van der Waals surface area contributed by atoms with Crippen molar-refractivity contribution in [2.75, 3.05) is 13.1 Å². The summed E-state index contributed by atoms with van der Waals surface area (Å²) in [6.07, 6.45) is 3.51. The van der Waals surface area contributed by atoms with Crippen molar-refractivity contribution in [2.24, 2.45) is 0 Å². The average molecular weight is 351 g/mol. The van der Waals surface area contributed by atoms with Gasteiger partial charge in [-0.25, -0.2) is 12.8 Å². The van der Waals surface area contributed by atoms with Crippen LogP contribution >= 0.6 is 0 Å². The fraction of sp³-hybridized carbons (Fsp3) is 0.500. The summed E-state index contributed by atoms with van der Waals surface area (Å²) in [6.45, 7) is 0.789. The maximum atomic E-state index is 13.0. The molecule has 2 heterocycles. The van der Waals surface area contributed by atoms with E-state index in [0.717, 1.165) is 25.0 Å². The minimum absolute atomic E-state index is 0.102. The van der Waals surface area contributed by atoms with Crippen LogP contribution in [0.3, 0.4) is 0 Å². The fourth-order valence-corrected chi connectivity index (χ4v) is 4.48. The molecule has 0 atom stereocenters. The number of benzene rings is 1. The van der Waals surface area contributed by atoms with Crippen LogP contribution in [-0.2, 0) is 10.0 Å². The van der Waals surface area contributed by atoms with Crippen molar-refractivity contribution >= 4 is 10.0 Å². The van der Waals surface area contributed by atoms with Crippen LogP contribution in [0.1, 0.15) is 49.3 Å². The zero-order valence-corrected chi connectivity index (χ0v) is 13.9. The zero-order chi connectivity index (χ0) is 16.7. The lowest BCUT2D eigenvalue weighted by atomic mass is 9.98. The molecule has 0 bridgehead atoms. The molecule has 1 saturated carbocycles. The van der Waals surface area contributed by atoms with Gasteiger partial charge in [0.2, 0.25) is 21.8 Å². The maximum absolute atomic E-state index is 13.0. The molecule has 128 valence electrons. The number of sulfonamides is 1. The molecule has 4 rings (SSSR count). The molecule has 1 aliphatic carbocycles. The third-order valence-corrected chi connectivity index (χ3v) is 6.55. The molecule has 2 fully saturated rings. The van der Waals surface area contributed by atoms with Crippen LogP contribution in [-0.4, -0.2) is 36.0 Å². The molecule has 8 heteroatoms. The first-order valence-electron chi connectivity index (χ1n) is 8.13. The highest BCUT2D eigenvalue weighted by atomic mass is 32.2. The molecule has 1 aromatic heterocycles. The van der Waals surface area contributed by atoms with E-state index in [1.807, 2.05) is 0 Å². The number of aromatic nitrogens is 2. The number of rotatable bonds is 4. The van der Waals surface area contributed by atoms with Crippen molar-refractivity contribution in [2.45, 2.75) is 42.4 Å². The Labute approximate surface area is 139 Å². The largest absolute Gasteiger partial charge is 0.425 e. The third-order valence-electron chi connectivity index (χ3n) is 4.64. The van der Waals surface area contributed by atoms with E-state index in [1.54, 1.807) is 0 Å². The number of piperidine rings is 1. The number of nitrogens with zero attached hydrogens (tertiary/aromatic N) is 3. The van der Waals surface area contributed by atoms with Crippen LogP contribution < -0.4 is 0 Å². The summed E-state index contributed by atoms with van der Waals surface area (Å²) >= 11 is 0. The van der Waals surface area contributed by atoms with Crippen molar-refractivity contribution < 1.29 is 17.2 Å². The normalized spacial score (nSPS) is 20.4. The van der Waals surface area contributed by atoms with Crippen molar-refractivity contribution in [1.82, 2.24) is 14.5 Å². The number of hydrogen-bond acceptors (Lipinski definition) is 5. The molecule has 1 aromatic carbocycles. The van der Waals surface area contributed by atoms with E-state index in [2.05, 4.69) is 10.2 Å². The van der Waals surface area contributed by atoms with E-state index in [4.69, 9.17) is 4.42 Å². The Morgan fingerprint density at radius 3 is 2.04 bits per heavy atom. The second-order valence-corrected chi connectivity index (χ2v) is 8.32. The van der Waals surface area contributed by atoms with Gasteiger partial charge in [-0.3, -0.25) is 0 Å². The first-order valence-corrected chi connectivity index (χ1v) is 9.57. The van der Waals surface area contributed by atoms with Crippen LogP contribution in [0.25, 0.3) is 0 Å². The zero-order valence-electron chi connectivity index (χ0n) is 13.1. The molecule has 24 heavy (non-hydrogen) atoms. The molecule has 0 amide bonds. The smallest absolute Gasteiger partial charge is 0.243 e. The Balaban J connectivity index is 1.44. The highest BCUT2D eigenvalue weighted by Gasteiger charge is 2.34. The average Bonchev–Trinajstić information content (AvgIpc) is 3.32. The number of halogens is 1. The van der Waals surface area contributed by atoms with Gasteiger partial charge in [0, 0.05) is 24.9 Å². The molecule has 0 N–H and O–H groups in total. The molecule has 0 unspecified atom stereocenters. The predicted octanol–water partition coefficient (Wildman–Crippen LogP) is 2.65. The topological polar surface area (TPSA) is 76.3 Å². The first-order chi connectivity index (χ1) is 11.5. The summed E-state index contributed by atoms with van der Waals surface area (Å²) in [4.78, 5) is 0.121. The Kier molecular flexibility index (Phi) is 3.88. The second kappa shape index (κ2) is 5.93. The predicted molar refractivity (Wildman–Crippen MR) is 83.4 cm³/mol. The standard InChI is InChI=1S/C16H18FN3O3S/c17-13-3-5-14(6-4-13)24(21,22)20-9-7-12(8-10-20)16-19-18-15(23-16)11-1-2-11/h3-6,11-12H,1-2,7-10H2. The molecular formula is C16H18FN3O3S. The van der Waals surface area contributed by atoms with Gasteiger partial charge in [0.15, 0.2) is 0 Å². The molecule has 6 nitrogen and oxygen atoms in total. The summed E-state index contributed by atoms with van der Waals surface area (Å²) in [6, 6.07) is 4.93. The van der Waals surface area contributed by atoms with Gasteiger partial charge in [0.1, 0.15) is 5.82 Å². The summed E-state index contributed by atoms with van der Waals surface area (Å²) in [5.74, 6) is 1.41. The van der Waals surface area contributed by atoms with Crippen LogP contribution in [0.5, 0.6) is 0 Å². The highest BCUT2D eigenvalue weighted by molar-refractivity contribution is 7.89. The van der Waals surface area contributed by atoms with Gasteiger partial charge in [-0.15, -0.1) is 10.2 Å². The lowest BCUT2D eigenvalue weighted by molar-refractivity contribution is 0.286.